The molecule has 0 aliphatic carbocycles. The Morgan fingerprint density at radius 3 is 2.57 bits per heavy atom. The molecule has 0 fully saturated rings. The van der Waals surface area contributed by atoms with Crippen LogP contribution in [0, 0.1) is 5.82 Å². The molecule has 76 valence electrons. The van der Waals surface area contributed by atoms with E-state index in [2.05, 4.69) is 0 Å². The average molecular weight is 236 g/mol. The van der Waals surface area contributed by atoms with Gasteiger partial charge in [0, 0.05) is 23.8 Å². The molecule has 0 N–H and O–H groups in total. The summed E-state index contributed by atoms with van der Waals surface area (Å²) < 4.78 is 35.8. The highest BCUT2D eigenvalue weighted by Crippen LogP contribution is 2.26. The smallest absolute Gasteiger partial charge is 0.207 e. The fraction of sp³-hybridized carbons (Fsp3) is 0.250. The molecule has 0 amide bonds. The first-order chi connectivity index (χ1) is 6.47. The molecule has 3 nitrogen and oxygen atoms in total. The highest BCUT2D eigenvalue weighted by molar-refractivity contribution is 8.11. The van der Waals surface area contributed by atoms with Gasteiger partial charge in [-0.2, -0.15) is 12.7 Å². The van der Waals surface area contributed by atoms with Crippen LogP contribution < -0.4 is 0 Å². The van der Waals surface area contributed by atoms with Crippen LogP contribution in [0.25, 0.3) is 0 Å². The predicted molar refractivity (Wildman–Crippen MR) is 50.4 cm³/mol. The molecule has 0 spiro atoms. The summed E-state index contributed by atoms with van der Waals surface area (Å²) in [5.74, 6) is -0.363. The minimum absolute atomic E-state index is 0.152. The van der Waals surface area contributed by atoms with Gasteiger partial charge in [-0.05, 0) is 23.3 Å². The van der Waals surface area contributed by atoms with Crippen molar-refractivity contribution in [2.24, 2.45) is 0 Å². The summed E-state index contributed by atoms with van der Waals surface area (Å²) in [6, 6.07) is 4.22. The Balaban J connectivity index is 2.35. The number of halogens is 2. The van der Waals surface area contributed by atoms with Gasteiger partial charge in [-0.1, -0.05) is 6.07 Å². The first-order valence-corrected chi connectivity index (χ1v) is 6.20. The number of rotatable bonds is 1. The Hall–Kier alpha value is -0.650. The van der Waals surface area contributed by atoms with Gasteiger partial charge in [0.2, 0.25) is 0 Å². The number of hydrogen-bond donors (Lipinski definition) is 0. The van der Waals surface area contributed by atoms with E-state index in [1.165, 1.54) is 12.1 Å². The van der Waals surface area contributed by atoms with Gasteiger partial charge in [0.05, 0.1) is 0 Å². The van der Waals surface area contributed by atoms with Gasteiger partial charge in [0.15, 0.2) is 0 Å². The van der Waals surface area contributed by atoms with Gasteiger partial charge >= 0.3 is 0 Å². The Morgan fingerprint density at radius 2 is 1.93 bits per heavy atom. The van der Waals surface area contributed by atoms with Crippen molar-refractivity contribution in [2.45, 2.75) is 13.1 Å². The van der Waals surface area contributed by atoms with Crippen LogP contribution in [0.1, 0.15) is 11.1 Å². The fourth-order valence-corrected chi connectivity index (χ4v) is 2.37. The molecule has 1 aromatic carbocycles. The van der Waals surface area contributed by atoms with Crippen molar-refractivity contribution < 1.29 is 12.8 Å². The summed E-state index contributed by atoms with van der Waals surface area (Å²) in [4.78, 5) is 0. The van der Waals surface area contributed by atoms with E-state index in [9.17, 15) is 12.8 Å². The van der Waals surface area contributed by atoms with Crippen LogP contribution in [0.3, 0.4) is 0 Å². The zero-order valence-corrected chi connectivity index (χ0v) is 8.65. The maximum absolute atomic E-state index is 12.8. The van der Waals surface area contributed by atoms with E-state index in [1.54, 1.807) is 6.07 Å². The monoisotopic (exact) mass is 235 g/mol. The molecule has 1 aliphatic heterocycles. The molecule has 0 unspecified atom stereocenters. The van der Waals surface area contributed by atoms with Gasteiger partial charge in [-0.3, -0.25) is 0 Å². The summed E-state index contributed by atoms with van der Waals surface area (Å²) in [6.45, 7) is 0.375. The van der Waals surface area contributed by atoms with Crippen molar-refractivity contribution in [3.63, 3.8) is 0 Å². The Kier molecular flexibility index (Phi) is 2.25. The zero-order valence-electron chi connectivity index (χ0n) is 7.07. The molecule has 14 heavy (non-hydrogen) atoms. The molecule has 0 aromatic heterocycles. The second kappa shape index (κ2) is 3.18. The lowest BCUT2D eigenvalue weighted by atomic mass is 10.1. The molecule has 1 aromatic rings. The van der Waals surface area contributed by atoms with Crippen LogP contribution >= 0.6 is 10.7 Å². The summed E-state index contributed by atoms with van der Waals surface area (Å²) >= 11 is 0. The van der Waals surface area contributed by atoms with E-state index in [0.29, 0.717) is 5.56 Å². The number of hydrogen-bond acceptors (Lipinski definition) is 2. The average Bonchev–Trinajstić information content (AvgIpc) is 2.45. The van der Waals surface area contributed by atoms with Crippen LogP contribution in [0.5, 0.6) is 0 Å². The van der Waals surface area contributed by atoms with Crippen LogP contribution in [-0.2, 0) is 22.3 Å². The lowest BCUT2D eigenvalue weighted by Crippen LogP contribution is -2.20. The van der Waals surface area contributed by atoms with Crippen molar-refractivity contribution in [1.82, 2.24) is 4.31 Å². The van der Waals surface area contributed by atoms with Crippen LogP contribution in [-0.4, -0.2) is 12.7 Å². The maximum Gasteiger partial charge on any atom is 0.300 e. The Morgan fingerprint density at radius 1 is 1.29 bits per heavy atom. The first-order valence-electron chi connectivity index (χ1n) is 3.94. The van der Waals surface area contributed by atoms with Crippen LogP contribution in [0.2, 0.25) is 0 Å². The van der Waals surface area contributed by atoms with E-state index in [1.807, 2.05) is 0 Å². The van der Waals surface area contributed by atoms with Gasteiger partial charge in [0.25, 0.3) is 9.24 Å². The number of benzene rings is 1. The minimum atomic E-state index is -3.70. The third-order valence-corrected chi connectivity index (χ3v) is 3.63. The Bertz CT molecular complexity index is 474. The highest BCUT2D eigenvalue weighted by atomic mass is 35.7. The number of nitrogens with zero attached hydrogens (tertiary/aromatic N) is 1. The SMILES string of the molecule is O=S(=O)(Cl)N1Cc2ccc(F)cc2C1. The standard InChI is InChI=1S/C8H7ClFNO2S/c9-14(12,13)11-4-6-1-2-8(10)3-7(6)5-11/h1-3H,4-5H2. The quantitative estimate of drug-likeness (QED) is 0.694. The largest absolute Gasteiger partial charge is 0.300 e. The van der Waals surface area contributed by atoms with E-state index < -0.39 is 9.24 Å². The van der Waals surface area contributed by atoms with Crippen molar-refractivity contribution in [3.8, 4) is 0 Å². The van der Waals surface area contributed by atoms with Gasteiger partial charge < -0.3 is 0 Å². The van der Waals surface area contributed by atoms with E-state index >= 15 is 0 Å². The number of fused-ring (bicyclic) bond motifs is 1. The molecule has 0 bridgehead atoms. The predicted octanol–water partition coefficient (Wildman–Crippen LogP) is 1.62. The second-order valence-corrected chi connectivity index (χ2v) is 5.63. The van der Waals surface area contributed by atoms with Crippen LogP contribution in [0.4, 0.5) is 4.39 Å². The molecule has 2 rings (SSSR count). The first kappa shape index (κ1) is 9.89. The molecule has 0 radical (unpaired) electrons. The minimum Gasteiger partial charge on any atom is -0.207 e. The normalized spacial score (nSPS) is 17.0. The van der Waals surface area contributed by atoms with Crippen molar-refractivity contribution >= 4 is 19.9 Å². The molecule has 1 heterocycles. The van der Waals surface area contributed by atoms with Crippen molar-refractivity contribution in [3.05, 3.63) is 35.1 Å². The summed E-state index contributed by atoms with van der Waals surface area (Å²) in [7, 11) is 1.47. The highest BCUT2D eigenvalue weighted by Gasteiger charge is 2.27. The third-order valence-electron chi connectivity index (χ3n) is 2.17. The molecule has 0 atom stereocenters. The van der Waals surface area contributed by atoms with Crippen molar-refractivity contribution in [1.29, 1.82) is 0 Å². The summed E-state index contributed by atoms with van der Waals surface area (Å²) in [6.07, 6.45) is 0. The molecule has 6 heteroatoms. The second-order valence-electron chi connectivity index (χ2n) is 3.12. The van der Waals surface area contributed by atoms with Gasteiger partial charge in [-0.15, -0.1) is 0 Å². The molecule has 1 aliphatic rings. The molecular formula is C8H7ClFNO2S. The van der Waals surface area contributed by atoms with E-state index in [4.69, 9.17) is 10.7 Å². The Labute approximate surface area is 85.6 Å². The van der Waals surface area contributed by atoms with Crippen molar-refractivity contribution in [2.75, 3.05) is 0 Å². The summed E-state index contributed by atoms with van der Waals surface area (Å²) in [5.41, 5.74) is 1.48. The molecular weight excluding hydrogens is 229 g/mol. The third kappa shape index (κ3) is 1.75. The fourth-order valence-electron chi connectivity index (χ4n) is 1.49. The summed E-state index contributed by atoms with van der Waals surface area (Å²) in [5, 5.41) is 0. The maximum atomic E-state index is 12.8. The van der Waals surface area contributed by atoms with Gasteiger partial charge in [0.1, 0.15) is 5.82 Å². The van der Waals surface area contributed by atoms with E-state index in [0.717, 1.165) is 9.87 Å². The lowest BCUT2D eigenvalue weighted by molar-refractivity contribution is 0.443. The lowest BCUT2D eigenvalue weighted by Gasteiger charge is -2.07. The zero-order chi connectivity index (χ0) is 10.3. The molecule has 0 saturated carbocycles. The molecule has 0 saturated heterocycles. The van der Waals surface area contributed by atoms with E-state index in [-0.39, 0.29) is 18.9 Å². The van der Waals surface area contributed by atoms with Gasteiger partial charge in [-0.25, -0.2) is 4.39 Å². The topological polar surface area (TPSA) is 37.4 Å². The van der Waals surface area contributed by atoms with Crippen LogP contribution in [0.15, 0.2) is 18.2 Å².